The van der Waals surface area contributed by atoms with Gasteiger partial charge in [0.1, 0.15) is 0 Å². The van der Waals surface area contributed by atoms with Crippen LogP contribution in [0.4, 0.5) is 0 Å². The number of hydrogen-bond acceptors (Lipinski definition) is 6. The summed E-state index contributed by atoms with van der Waals surface area (Å²) in [7, 11) is 2.63. The van der Waals surface area contributed by atoms with E-state index in [0.29, 0.717) is 0 Å². The first-order valence-corrected chi connectivity index (χ1v) is 7.36. The number of ether oxygens (including phenoxy) is 3. The highest BCUT2D eigenvalue weighted by Gasteiger charge is 2.35. The van der Waals surface area contributed by atoms with Crippen molar-refractivity contribution in [3.05, 3.63) is 22.7 Å². The normalized spacial score (nSPS) is 12.8. The minimum absolute atomic E-state index is 0.00507. The number of carbonyl (C=O) groups excluding carboxylic acids is 2. The Morgan fingerprint density at radius 3 is 2.44 bits per heavy atom. The summed E-state index contributed by atoms with van der Waals surface area (Å²) in [5, 5.41) is 11.6. The van der Waals surface area contributed by atoms with Gasteiger partial charge in [0, 0.05) is 12.7 Å². The van der Waals surface area contributed by atoms with Crippen LogP contribution in [0.25, 0.3) is 0 Å². The number of primary amides is 1. The summed E-state index contributed by atoms with van der Waals surface area (Å²) in [5.41, 5.74) is 3.41. The molecule has 0 spiro atoms. The first kappa shape index (κ1) is 20.5. The van der Waals surface area contributed by atoms with Crippen LogP contribution >= 0.6 is 11.6 Å². The van der Waals surface area contributed by atoms with Crippen LogP contribution in [0.2, 0.25) is 5.02 Å². The maximum Gasteiger partial charge on any atom is 0.331 e. The van der Waals surface area contributed by atoms with Crippen LogP contribution in [0.5, 0.6) is 11.5 Å². The molecular formula is C15H19ClN2O7. The second kappa shape index (κ2) is 8.54. The maximum atomic E-state index is 12.4. The van der Waals surface area contributed by atoms with Crippen LogP contribution in [0.15, 0.2) is 12.1 Å². The Morgan fingerprint density at radius 2 is 1.96 bits per heavy atom. The molecule has 0 aromatic heterocycles. The van der Waals surface area contributed by atoms with Gasteiger partial charge >= 0.3 is 5.97 Å². The number of carboxylic acid groups (broad SMARTS) is 1. The Labute approximate surface area is 149 Å². The zero-order chi connectivity index (χ0) is 19.2. The maximum absolute atomic E-state index is 12.4. The lowest BCUT2D eigenvalue weighted by Crippen LogP contribution is -2.55. The number of benzene rings is 1. The van der Waals surface area contributed by atoms with Gasteiger partial charge in [0.25, 0.3) is 11.8 Å². The quantitative estimate of drug-likeness (QED) is 0.570. The highest BCUT2D eigenvalue weighted by atomic mass is 35.5. The first-order chi connectivity index (χ1) is 11.6. The summed E-state index contributed by atoms with van der Waals surface area (Å²) >= 11 is 6.06. The van der Waals surface area contributed by atoms with Crippen molar-refractivity contribution in [1.82, 2.24) is 5.32 Å². The number of amides is 2. The number of carboxylic acids is 1. The van der Waals surface area contributed by atoms with E-state index in [-0.39, 0.29) is 28.7 Å². The summed E-state index contributed by atoms with van der Waals surface area (Å²) in [4.78, 5) is 34.6. The van der Waals surface area contributed by atoms with E-state index in [9.17, 15) is 19.5 Å². The van der Waals surface area contributed by atoms with Gasteiger partial charge in [0.2, 0.25) is 0 Å². The number of nitrogens with two attached hydrogens (primary N) is 1. The molecule has 2 amide bonds. The number of halogens is 1. The van der Waals surface area contributed by atoms with E-state index in [1.54, 1.807) is 0 Å². The summed E-state index contributed by atoms with van der Waals surface area (Å²) in [6.07, 6.45) is 0. The minimum atomic E-state index is -1.63. The summed E-state index contributed by atoms with van der Waals surface area (Å²) in [6.45, 7) is 0.644. The van der Waals surface area contributed by atoms with Crippen molar-refractivity contribution in [1.29, 1.82) is 0 Å². The summed E-state index contributed by atoms with van der Waals surface area (Å²) in [6, 6.07) is 2.55. The molecule has 1 aromatic carbocycles. The third kappa shape index (κ3) is 5.23. The van der Waals surface area contributed by atoms with E-state index < -0.39 is 29.9 Å². The van der Waals surface area contributed by atoms with Crippen molar-refractivity contribution in [3.63, 3.8) is 0 Å². The largest absolute Gasteiger partial charge is 0.493 e. The molecule has 4 N–H and O–H groups in total. The Morgan fingerprint density at radius 1 is 1.32 bits per heavy atom. The fourth-order valence-electron chi connectivity index (χ4n) is 1.90. The Bertz CT molecular complexity index is 680. The van der Waals surface area contributed by atoms with Crippen molar-refractivity contribution >= 4 is 29.4 Å². The van der Waals surface area contributed by atoms with Gasteiger partial charge in [0.05, 0.1) is 18.7 Å². The van der Waals surface area contributed by atoms with Crippen LogP contribution < -0.4 is 20.5 Å². The summed E-state index contributed by atoms with van der Waals surface area (Å²) < 4.78 is 15.1. The van der Waals surface area contributed by atoms with Crippen LogP contribution in [0, 0.1) is 0 Å². The molecule has 10 heteroatoms. The van der Waals surface area contributed by atoms with Crippen molar-refractivity contribution in [2.45, 2.75) is 12.5 Å². The molecule has 1 atom stereocenters. The number of carbonyl (C=O) groups is 3. The molecule has 9 nitrogen and oxygen atoms in total. The molecule has 138 valence electrons. The van der Waals surface area contributed by atoms with Crippen molar-refractivity contribution in [3.8, 4) is 11.5 Å². The standard InChI is InChI=1S/C15H19ClN2O7/c1-15(7-23-2,14(21)22)18-13(20)8-4-9(16)12(10(5-8)24-3)25-6-11(17)19/h4-5H,6-7H2,1-3H3,(H2,17,19)(H,18,20)(H,21,22). The number of methoxy groups -OCH3 is 2. The van der Waals surface area contributed by atoms with Crippen molar-refractivity contribution in [2.24, 2.45) is 5.73 Å². The Hall–Kier alpha value is -2.52. The van der Waals surface area contributed by atoms with E-state index in [1.807, 2.05) is 0 Å². The van der Waals surface area contributed by atoms with Gasteiger partial charge in [-0.25, -0.2) is 4.79 Å². The van der Waals surface area contributed by atoms with Crippen LogP contribution in [0.1, 0.15) is 17.3 Å². The lowest BCUT2D eigenvalue weighted by molar-refractivity contribution is -0.145. The Balaban J connectivity index is 3.13. The Kier molecular flexibility index (Phi) is 7.01. The lowest BCUT2D eigenvalue weighted by Gasteiger charge is -2.25. The van der Waals surface area contributed by atoms with Crippen LogP contribution in [-0.2, 0) is 14.3 Å². The number of hydrogen-bond donors (Lipinski definition) is 3. The number of rotatable bonds is 9. The molecule has 0 saturated heterocycles. The zero-order valence-electron chi connectivity index (χ0n) is 13.9. The molecule has 0 heterocycles. The molecule has 0 bridgehead atoms. The number of aliphatic carboxylic acids is 1. The predicted octanol–water partition coefficient (Wildman–Crippen LogP) is 0.432. The highest BCUT2D eigenvalue weighted by Crippen LogP contribution is 2.36. The zero-order valence-corrected chi connectivity index (χ0v) is 14.7. The van der Waals surface area contributed by atoms with E-state index in [1.165, 1.54) is 33.3 Å². The topological polar surface area (TPSA) is 137 Å². The molecule has 0 saturated carbocycles. The molecule has 0 aliphatic carbocycles. The third-order valence-electron chi connectivity index (χ3n) is 3.14. The molecule has 0 radical (unpaired) electrons. The minimum Gasteiger partial charge on any atom is -0.493 e. The number of nitrogens with one attached hydrogen (secondary N) is 1. The second-order valence-corrected chi connectivity index (χ2v) is 5.68. The second-order valence-electron chi connectivity index (χ2n) is 5.27. The fourth-order valence-corrected chi connectivity index (χ4v) is 2.16. The first-order valence-electron chi connectivity index (χ1n) is 6.98. The van der Waals surface area contributed by atoms with Gasteiger partial charge < -0.3 is 30.4 Å². The van der Waals surface area contributed by atoms with E-state index >= 15 is 0 Å². The van der Waals surface area contributed by atoms with Crippen LogP contribution in [0.3, 0.4) is 0 Å². The molecule has 1 unspecified atom stereocenters. The molecule has 1 aromatic rings. The molecule has 0 fully saturated rings. The van der Waals surface area contributed by atoms with Gasteiger partial charge in [-0.15, -0.1) is 0 Å². The van der Waals surface area contributed by atoms with E-state index in [0.717, 1.165) is 0 Å². The van der Waals surface area contributed by atoms with E-state index in [2.05, 4.69) is 5.32 Å². The predicted molar refractivity (Wildman–Crippen MR) is 88.1 cm³/mol. The summed E-state index contributed by atoms with van der Waals surface area (Å²) in [5.74, 6) is -2.55. The van der Waals surface area contributed by atoms with Crippen molar-refractivity contribution < 1.29 is 33.7 Å². The van der Waals surface area contributed by atoms with Gasteiger partial charge in [-0.2, -0.15) is 0 Å². The molecule has 1 rings (SSSR count). The lowest BCUT2D eigenvalue weighted by atomic mass is 10.0. The average Bonchev–Trinajstić information content (AvgIpc) is 2.52. The monoisotopic (exact) mass is 374 g/mol. The smallest absolute Gasteiger partial charge is 0.331 e. The average molecular weight is 375 g/mol. The highest BCUT2D eigenvalue weighted by molar-refractivity contribution is 6.32. The van der Waals surface area contributed by atoms with Gasteiger partial charge in [-0.3, -0.25) is 9.59 Å². The van der Waals surface area contributed by atoms with Crippen molar-refractivity contribution in [2.75, 3.05) is 27.4 Å². The third-order valence-corrected chi connectivity index (χ3v) is 3.43. The molecular weight excluding hydrogens is 356 g/mol. The molecule has 0 aliphatic rings. The molecule has 25 heavy (non-hydrogen) atoms. The fraction of sp³-hybridized carbons (Fsp3) is 0.400. The van der Waals surface area contributed by atoms with Gasteiger partial charge in [0.15, 0.2) is 23.6 Å². The van der Waals surface area contributed by atoms with E-state index in [4.69, 9.17) is 31.5 Å². The van der Waals surface area contributed by atoms with Crippen LogP contribution in [-0.4, -0.2) is 55.9 Å². The van der Waals surface area contributed by atoms with Gasteiger partial charge in [-0.1, -0.05) is 11.6 Å². The van der Waals surface area contributed by atoms with Gasteiger partial charge in [-0.05, 0) is 19.1 Å². The SMILES string of the molecule is COCC(C)(NC(=O)c1cc(Cl)c(OCC(N)=O)c(OC)c1)C(=O)O. The molecule has 0 aliphatic heterocycles.